The predicted molar refractivity (Wildman–Crippen MR) is 141 cm³/mol. The number of fused-ring (bicyclic) bond motifs is 1. The number of aliphatic carboxylic acids is 1. The number of thiazole rings is 1. The number of β-lactam (4-membered cyclic amide) rings is 1. The van der Waals surface area contributed by atoms with Crippen molar-refractivity contribution in [1.82, 2.24) is 15.2 Å². The van der Waals surface area contributed by atoms with E-state index in [4.69, 9.17) is 5.73 Å². The molecule has 2 aromatic rings. The number of rotatable bonds is 7. The predicted octanol–water partition coefficient (Wildman–Crippen LogP) is -1.33. The van der Waals surface area contributed by atoms with Crippen LogP contribution in [0, 0.1) is 0 Å². The molecule has 15 heteroatoms. The first-order valence-electron chi connectivity index (χ1n) is 12.6. The topological polar surface area (TPSA) is 191 Å². The lowest BCUT2D eigenvalue weighted by Crippen LogP contribution is -2.72. The summed E-state index contributed by atoms with van der Waals surface area (Å²) in [7, 11) is 1.85. The maximum absolute atomic E-state index is 13.1. The van der Waals surface area contributed by atoms with Crippen LogP contribution in [0.3, 0.4) is 0 Å². The van der Waals surface area contributed by atoms with E-state index in [0.29, 0.717) is 30.5 Å². The van der Waals surface area contributed by atoms with E-state index in [0.717, 1.165) is 28.8 Å². The lowest BCUT2D eigenvalue weighted by molar-refractivity contribution is -0.670. The first-order chi connectivity index (χ1) is 19.5. The lowest BCUT2D eigenvalue weighted by Gasteiger charge is -2.51. The first kappa shape index (κ1) is 27.6. The first-order valence-corrected chi connectivity index (χ1v) is 13.5. The number of hydrogen-bond donors (Lipinski definition) is 2. The number of aryl methyl sites for hydroxylation is 1. The number of nitrogen functional groups attached to an aromatic ring is 1. The van der Waals surface area contributed by atoms with Crippen molar-refractivity contribution in [3.05, 3.63) is 58.5 Å². The van der Waals surface area contributed by atoms with E-state index in [9.17, 15) is 29.1 Å². The van der Waals surface area contributed by atoms with Crippen molar-refractivity contribution in [2.24, 2.45) is 12.2 Å². The molecule has 2 aromatic heterocycles. The molecule has 2 saturated heterocycles. The zero-order chi connectivity index (χ0) is 29.4. The van der Waals surface area contributed by atoms with Crippen LogP contribution in [0.4, 0.5) is 10.8 Å². The molecule has 2 atom stereocenters. The maximum Gasteiger partial charge on any atom is 0.332 e. The number of pyridine rings is 1. The second-order valence-corrected chi connectivity index (χ2v) is 10.5. The monoisotopic (exact) mass is 579 g/mol. The van der Waals surface area contributed by atoms with Gasteiger partial charge in [-0.3, -0.25) is 14.4 Å². The lowest BCUT2D eigenvalue weighted by atomic mass is 9.82. The third-order valence-electron chi connectivity index (χ3n) is 6.91. The number of carboxylic acid groups (broad SMARTS) is 1. The molecule has 5 rings (SSSR count). The van der Waals surface area contributed by atoms with Gasteiger partial charge in [-0.25, -0.2) is 14.3 Å². The number of nitrogens with zero attached hydrogens (tertiary/aromatic N) is 5. The molecule has 0 spiro atoms. The van der Waals surface area contributed by atoms with Gasteiger partial charge in [0, 0.05) is 30.5 Å². The Morgan fingerprint density at radius 3 is 2.76 bits per heavy atom. The van der Waals surface area contributed by atoms with Crippen LogP contribution in [0.25, 0.3) is 0 Å². The van der Waals surface area contributed by atoms with Crippen LogP contribution in [0.2, 0.25) is 0 Å². The van der Waals surface area contributed by atoms with E-state index in [2.05, 4.69) is 20.3 Å². The quantitative estimate of drug-likeness (QED) is 0.0999. The van der Waals surface area contributed by atoms with Crippen LogP contribution in [0.15, 0.2) is 58.0 Å². The van der Waals surface area contributed by atoms with E-state index in [1.165, 1.54) is 11.5 Å². The molecule has 0 radical (unpaired) electrons. The van der Waals surface area contributed by atoms with Gasteiger partial charge < -0.3 is 35.6 Å². The molecule has 3 N–H and O–H groups in total. The smallest absolute Gasteiger partial charge is 0.332 e. The third kappa shape index (κ3) is 5.30. The Morgan fingerprint density at radius 1 is 1.32 bits per heavy atom. The molecule has 0 unspecified atom stereocenters. The highest BCUT2D eigenvalue weighted by molar-refractivity contribution is 7.13. The second kappa shape index (κ2) is 10.9. The molecule has 41 heavy (non-hydrogen) atoms. The molecule has 3 amide bonds. The molecule has 14 nitrogen and oxygen atoms in total. The van der Waals surface area contributed by atoms with E-state index < -0.39 is 35.8 Å². The van der Waals surface area contributed by atoms with Gasteiger partial charge in [-0.1, -0.05) is 5.16 Å². The number of nitrogens with two attached hydrogens (primary N) is 1. The summed E-state index contributed by atoms with van der Waals surface area (Å²) in [5.41, 5.74) is 6.44. The van der Waals surface area contributed by atoms with Gasteiger partial charge >= 0.3 is 5.97 Å². The minimum absolute atomic E-state index is 0.0438. The molecular weight excluding hydrogens is 554 g/mol. The molecule has 0 aliphatic carbocycles. The molecule has 0 aromatic carbocycles. The summed E-state index contributed by atoms with van der Waals surface area (Å²) in [5.74, 6) is -4.10. The minimum atomic E-state index is -1.56. The van der Waals surface area contributed by atoms with Crippen LogP contribution in [0.1, 0.15) is 31.9 Å². The van der Waals surface area contributed by atoms with Gasteiger partial charge in [0.25, 0.3) is 17.7 Å². The molecule has 2 fully saturated rings. The summed E-state index contributed by atoms with van der Waals surface area (Å²) >= 11 is 1.04. The minimum Gasteiger partial charge on any atom is -0.543 e. The van der Waals surface area contributed by atoms with Crippen molar-refractivity contribution in [3.8, 4) is 0 Å². The Hall–Kier alpha value is -4.92. The van der Waals surface area contributed by atoms with Crippen LogP contribution in [-0.4, -0.2) is 63.9 Å². The fourth-order valence-corrected chi connectivity index (χ4v) is 5.63. The van der Waals surface area contributed by atoms with Crippen molar-refractivity contribution in [3.63, 3.8) is 0 Å². The highest BCUT2D eigenvalue weighted by Crippen LogP contribution is 2.38. The van der Waals surface area contributed by atoms with Crippen molar-refractivity contribution < 1.29 is 38.5 Å². The Labute approximate surface area is 237 Å². The second-order valence-electron chi connectivity index (χ2n) is 9.62. The summed E-state index contributed by atoms with van der Waals surface area (Å²) in [5, 5.41) is 19.9. The van der Waals surface area contributed by atoms with Gasteiger partial charge in [0.15, 0.2) is 23.2 Å². The fourth-order valence-electron chi connectivity index (χ4n) is 5.08. The Morgan fingerprint density at radius 2 is 2.10 bits per heavy atom. The number of carboxylic acids is 1. The van der Waals surface area contributed by atoms with E-state index in [1.54, 1.807) is 4.90 Å². The zero-order valence-corrected chi connectivity index (χ0v) is 22.8. The molecule has 3 aliphatic rings. The fraction of sp³-hybridized carbons (Fsp3) is 0.308. The maximum atomic E-state index is 13.1. The Bertz CT molecular complexity index is 1580. The number of amides is 3. The van der Waals surface area contributed by atoms with Crippen LogP contribution in [-0.2, 0) is 35.9 Å². The van der Waals surface area contributed by atoms with Crippen LogP contribution in [0.5, 0.6) is 0 Å². The standard InChI is InChI=1S/C26H25N7O7S/c1-13(34)40-30-19(17-12-41-26(27)28-17)22(35)29-20-18-6-5-14(21(25(38)39)33(18)24(20)37)10-15-7-9-32(23(15)36)16-4-3-8-31(2)11-16/h3-4,8,10-12,18,20H,5-7,9H2,1-2H3,(H3-,27,28,29,35,38,39)/b15-10?,30-19-/t18-,20+/m1/s1. The SMILES string of the molecule is CC(=O)O/N=C(\C(=O)N[C@@H]1C(=O)N2C(C(=O)[O-])=C(C=C3CCN(c4ccc[n+](C)c4)C3=O)CC[C@H]12)c1csc(N)n1. The van der Waals surface area contributed by atoms with E-state index in [-0.39, 0.29) is 34.6 Å². The number of carbonyl (C=O) groups excluding carboxylic acids is 5. The molecular formula is C26H25N7O7S. The number of carbonyl (C=O) groups is 5. The number of aromatic nitrogens is 2. The van der Waals surface area contributed by atoms with Gasteiger partial charge in [-0.2, -0.15) is 0 Å². The average molecular weight is 580 g/mol. The largest absolute Gasteiger partial charge is 0.543 e. The summed E-state index contributed by atoms with van der Waals surface area (Å²) in [6.07, 6.45) is 6.15. The van der Waals surface area contributed by atoms with Gasteiger partial charge in [0.05, 0.1) is 17.7 Å². The Balaban J connectivity index is 1.36. The van der Waals surface area contributed by atoms with Crippen LogP contribution < -0.4 is 25.6 Å². The summed E-state index contributed by atoms with van der Waals surface area (Å²) in [6.45, 7) is 1.53. The van der Waals surface area contributed by atoms with Gasteiger partial charge in [-0.05, 0) is 37.0 Å². The summed E-state index contributed by atoms with van der Waals surface area (Å²) in [6, 6.07) is 1.91. The number of anilines is 2. The van der Waals surface area contributed by atoms with Crippen molar-refractivity contribution >= 4 is 57.5 Å². The molecule has 0 saturated carbocycles. The van der Waals surface area contributed by atoms with Gasteiger partial charge in [0.2, 0.25) is 0 Å². The number of hydrogen-bond acceptors (Lipinski definition) is 11. The van der Waals surface area contributed by atoms with Crippen LogP contribution >= 0.6 is 11.3 Å². The van der Waals surface area contributed by atoms with Gasteiger partial charge in [-0.15, -0.1) is 11.3 Å². The van der Waals surface area contributed by atoms with Gasteiger partial charge in [0.1, 0.15) is 24.5 Å². The van der Waals surface area contributed by atoms with Crippen molar-refractivity contribution in [2.45, 2.75) is 38.3 Å². The number of nitrogens with one attached hydrogen (secondary N) is 1. The summed E-state index contributed by atoms with van der Waals surface area (Å²) < 4.78 is 1.82. The number of allylic oxidation sites excluding steroid dienone is 2. The zero-order valence-electron chi connectivity index (χ0n) is 22.0. The van der Waals surface area contributed by atoms with Crippen molar-refractivity contribution in [1.29, 1.82) is 0 Å². The third-order valence-corrected chi connectivity index (χ3v) is 7.58. The normalized spacial score (nSPS) is 21.6. The molecule has 212 valence electrons. The molecule has 3 aliphatic heterocycles. The van der Waals surface area contributed by atoms with E-state index >= 15 is 0 Å². The average Bonchev–Trinajstić information content (AvgIpc) is 3.51. The van der Waals surface area contributed by atoms with Crippen molar-refractivity contribution in [2.75, 3.05) is 17.2 Å². The highest BCUT2D eigenvalue weighted by atomic mass is 32.1. The van der Waals surface area contributed by atoms with E-state index in [1.807, 2.05) is 36.1 Å². The number of oxime groups is 1. The molecule has 5 heterocycles. The summed E-state index contributed by atoms with van der Waals surface area (Å²) in [4.78, 5) is 74.0. The molecule has 0 bridgehead atoms. The highest BCUT2D eigenvalue weighted by Gasteiger charge is 2.52. The Kier molecular flexibility index (Phi) is 7.36.